The van der Waals surface area contributed by atoms with E-state index in [-0.39, 0.29) is 6.42 Å². The number of anilines is 1. The molecule has 0 saturated carbocycles. The van der Waals surface area contributed by atoms with Crippen LogP contribution in [0, 0.1) is 11.3 Å². The molecule has 78 valence electrons. The molecule has 0 unspecified atom stereocenters. The first-order valence-corrected chi connectivity index (χ1v) is 4.66. The van der Waals surface area contributed by atoms with Gasteiger partial charge in [0.05, 0.1) is 28.8 Å². The van der Waals surface area contributed by atoms with Crippen molar-refractivity contribution >= 4 is 23.3 Å². The average Bonchev–Trinajstić information content (AvgIpc) is 2.20. The number of nitrogens with one attached hydrogen (secondary N) is 1. The van der Waals surface area contributed by atoms with Crippen molar-refractivity contribution in [2.75, 3.05) is 11.9 Å². The number of carboxylic acid groups (broad SMARTS) is 1. The number of hydrogen-bond acceptors (Lipinski definition) is 3. The first kappa shape index (κ1) is 11.3. The number of aliphatic carboxylic acids is 1. The predicted octanol–water partition coefficient (Wildman–Crippen LogP) is 2.10. The molecule has 4 nitrogen and oxygen atoms in total. The topological polar surface area (TPSA) is 73.1 Å². The van der Waals surface area contributed by atoms with E-state index in [0.29, 0.717) is 22.8 Å². The number of carbonyl (C=O) groups is 1. The largest absolute Gasteiger partial charge is 0.481 e. The molecule has 1 aromatic rings. The van der Waals surface area contributed by atoms with Gasteiger partial charge in [0.1, 0.15) is 0 Å². The molecule has 0 amide bonds. The molecule has 0 radical (unpaired) electrons. The molecule has 0 aliphatic carbocycles. The Hall–Kier alpha value is -1.73. The van der Waals surface area contributed by atoms with Gasteiger partial charge in [0, 0.05) is 6.54 Å². The minimum Gasteiger partial charge on any atom is -0.481 e. The van der Waals surface area contributed by atoms with Crippen molar-refractivity contribution in [3.05, 3.63) is 28.8 Å². The van der Waals surface area contributed by atoms with E-state index in [4.69, 9.17) is 22.0 Å². The second-order valence-corrected chi connectivity index (χ2v) is 3.28. The highest BCUT2D eigenvalue weighted by Gasteiger charge is 2.02. The van der Waals surface area contributed by atoms with E-state index in [1.807, 2.05) is 6.07 Å². The van der Waals surface area contributed by atoms with Crippen LogP contribution in [0.1, 0.15) is 12.0 Å². The second-order valence-electron chi connectivity index (χ2n) is 2.88. The summed E-state index contributed by atoms with van der Waals surface area (Å²) in [4.78, 5) is 10.3. The number of halogens is 1. The van der Waals surface area contributed by atoms with E-state index in [9.17, 15) is 4.79 Å². The zero-order valence-electron chi connectivity index (χ0n) is 7.83. The maximum absolute atomic E-state index is 10.3. The summed E-state index contributed by atoms with van der Waals surface area (Å²) in [5, 5.41) is 20.3. The zero-order chi connectivity index (χ0) is 11.3. The third kappa shape index (κ3) is 3.49. The van der Waals surface area contributed by atoms with Gasteiger partial charge in [-0.05, 0) is 18.2 Å². The lowest BCUT2D eigenvalue weighted by Gasteiger charge is -2.06. The summed E-state index contributed by atoms with van der Waals surface area (Å²) in [5.74, 6) is -0.868. The van der Waals surface area contributed by atoms with Crippen molar-refractivity contribution in [1.29, 1.82) is 5.26 Å². The van der Waals surface area contributed by atoms with Crippen LogP contribution in [-0.4, -0.2) is 17.6 Å². The van der Waals surface area contributed by atoms with Crippen LogP contribution in [0.15, 0.2) is 18.2 Å². The SMILES string of the molecule is N#Cc1ccc(NCCC(=O)O)c(Cl)c1. The maximum atomic E-state index is 10.3. The highest BCUT2D eigenvalue weighted by molar-refractivity contribution is 6.33. The Labute approximate surface area is 92.1 Å². The van der Waals surface area contributed by atoms with Crippen molar-refractivity contribution in [1.82, 2.24) is 0 Å². The van der Waals surface area contributed by atoms with E-state index in [2.05, 4.69) is 5.32 Å². The minimum atomic E-state index is -0.868. The Morgan fingerprint density at radius 2 is 2.33 bits per heavy atom. The van der Waals surface area contributed by atoms with Gasteiger partial charge in [0.15, 0.2) is 0 Å². The van der Waals surface area contributed by atoms with Gasteiger partial charge in [-0.15, -0.1) is 0 Å². The van der Waals surface area contributed by atoms with Crippen molar-refractivity contribution in [3.63, 3.8) is 0 Å². The molecule has 0 fully saturated rings. The molecular weight excluding hydrogens is 216 g/mol. The Balaban J connectivity index is 2.63. The van der Waals surface area contributed by atoms with Gasteiger partial charge < -0.3 is 10.4 Å². The molecule has 5 heteroatoms. The lowest BCUT2D eigenvalue weighted by atomic mass is 10.2. The lowest BCUT2D eigenvalue weighted by molar-refractivity contribution is -0.136. The molecule has 0 saturated heterocycles. The smallest absolute Gasteiger partial charge is 0.305 e. The predicted molar refractivity (Wildman–Crippen MR) is 56.9 cm³/mol. The summed E-state index contributed by atoms with van der Waals surface area (Å²) >= 11 is 5.86. The van der Waals surface area contributed by atoms with Crippen LogP contribution in [0.25, 0.3) is 0 Å². The fourth-order valence-electron chi connectivity index (χ4n) is 1.03. The molecule has 0 aliphatic heterocycles. The maximum Gasteiger partial charge on any atom is 0.305 e. The number of carboxylic acids is 1. The molecule has 0 atom stereocenters. The molecule has 0 aromatic heterocycles. The van der Waals surface area contributed by atoms with E-state index >= 15 is 0 Å². The molecule has 0 bridgehead atoms. The van der Waals surface area contributed by atoms with Gasteiger partial charge in [0.2, 0.25) is 0 Å². The van der Waals surface area contributed by atoms with Crippen LogP contribution >= 0.6 is 11.6 Å². The lowest BCUT2D eigenvalue weighted by Crippen LogP contribution is -2.07. The molecule has 2 N–H and O–H groups in total. The van der Waals surface area contributed by atoms with Crippen molar-refractivity contribution in [3.8, 4) is 6.07 Å². The molecule has 0 spiro atoms. The van der Waals surface area contributed by atoms with Gasteiger partial charge in [-0.3, -0.25) is 4.79 Å². The van der Waals surface area contributed by atoms with Crippen molar-refractivity contribution in [2.24, 2.45) is 0 Å². The standard InChI is InChI=1S/C10H9ClN2O2/c11-8-5-7(6-12)1-2-9(8)13-4-3-10(14)15/h1-2,5,13H,3-4H2,(H,14,15). The molecular formula is C10H9ClN2O2. The Morgan fingerprint density at radius 3 is 2.87 bits per heavy atom. The molecule has 1 rings (SSSR count). The Kier molecular flexibility index (Phi) is 3.95. The summed E-state index contributed by atoms with van der Waals surface area (Å²) in [6.45, 7) is 0.307. The molecule has 1 aromatic carbocycles. The number of rotatable bonds is 4. The fraction of sp³-hybridized carbons (Fsp3) is 0.200. The van der Waals surface area contributed by atoms with E-state index in [1.165, 1.54) is 6.07 Å². The molecule has 0 heterocycles. The minimum absolute atomic E-state index is 0.0241. The highest BCUT2D eigenvalue weighted by atomic mass is 35.5. The summed E-state index contributed by atoms with van der Waals surface area (Å²) in [6.07, 6.45) is 0.0241. The fourth-order valence-corrected chi connectivity index (χ4v) is 1.28. The van der Waals surface area contributed by atoms with E-state index < -0.39 is 5.97 Å². The summed E-state index contributed by atoms with van der Waals surface area (Å²) < 4.78 is 0. The molecule has 0 aliphatic rings. The van der Waals surface area contributed by atoms with Crippen LogP contribution in [0.4, 0.5) is 5.69 Å². The first-order chi connectivity index (χ1) is 7.13. The third-order valence-electron chi connectivity index (χ3n) is 1.75. The van der Waals surface area contributed by atoms with Gasteiger partial charge in [-0.25, -0.2) is 0 Å². The number of benzene rings is 1. The Bertz CT molecular complexity index is 412. The van der Waals surface area contributed by atoms with Crippen LogP contribution in [0.5, 0.6) is 0 Å². The summed E-state index contributed by atoms with van der Waals surface area (Å²) in [7, 11) is 0. The number of hydrogen-bond donors (Lipinski definition) is 2. The molecule has 15 heavy (non-hydrogen) atoms. The number of nitriles is 1. The normalized spacial score (nSPS) is 9.33. The monoisotopic (exact) mass is 224 g/mol. The average molecular weight is 225 g/mol. The van der Waals surface area contributed by atoms with Gasteiger partial charge >= 0.3 is 5.97 Å². The third-order valence-corrected chi connectivity index (χ3v) is 2.07. The first-order valence-electron chi connectivity index (χ1n) is 4.29. The van der Waals surface area contributed by atoms with Crippen LogP contribution in [0.2, 0.25) is 5.02 Å². The summed E-state index contributed by atoms with van der Waals surface area (Å²) in [6, 6.07) is 6.77. The van der Waals surface area contributed by atoms with Gasteiger partial charge in [0.25, 0.3) is 0 Å². The highest BCUT2D eigenvalue weighted by Crippen LogP contribution is 2.22. The van der Waals surface area contributed by atoms with Gasteiger partial charge in [-0.2, -0.15) is 5.26 Å². The van der Waals surface area contributed by atoms with Crippen LogP contribution in [0.3, 0.4) is 0 Å². The zero-order valence-corrected chi connectivity index (χ0v) is 8.58. The van der Waals surface area contributed by atoms with E-state index in [1.54, 1.807) is 12.1 Å². The van der Waals surface area contributed by atoms with Gasteiger partial charge in [-0.1, -0.05) is 11.6 Å². The van der Waals surface area contributed by atoms with Crippen molar-refractivity contribution in [2.45, 2.75) is 6.42 Å². The van der Waals surface area contributed by atoms with Crippen molar-refractivity contribution < 1.29 is 9.90 Å². The number of nitrogens with zero attached hydrogens (tertiary/aromatic N) is 1. The second kappa shape index (κ2) is 5.23. The van der Waals surface area contributed by atoms with Crippen LogP contribution in [-0.2, 0) is 4.79 Å². The summed E-state index contributed by atoms with van der Waals surface area (Å²) in [5.41, 5.74) is 1.11. The van der Waals surface area contributed by atoms with Crippen LogP contribution < -0.4 is 5.32 Å². The quantitative estimate of drug-likeness (QED) is 0.822. The van der Waals surface area contributed by atoms with E-state index in [0.717, 1.165) is 0 Å². The Morgan fingerprint density at radius 1 is 1.60 bits per heavy atom.